The lowest BCUT2D eigenvalue weighted by Gasteiger charge is -2.22. The second-order valence-electron chi connectivity index (χ2n) is 5.53. The molecule has 138 valence electrons. The van der Waals surface area contributed by atoms with Gasteiger partial charge in [0.2, 0.25) is 0 Å². The van der Waals surface area contributed by atoms with Crippen molar-refractivity contribution in [3.8, 4) is 0 Å². The lowest BCUT2D eigenvalue weighted by molar-refractivity contribution is -0.142. The summed E-state index contributed by atoms with van der Waals surface area (Å²) in [4.78, 5) is 30.4. The number of anilines is 3. The molecule has 7 nitrogen and oxygen atoms in total. The molecule has 1 aromatic carbocycles. The zero-order valence-electron chi connectivity index (χ0n) is 15.1. The lowest BCUT2D eigenvalue weighted by Crippen LogP contribution is -2.34. The molecule has 0 fully saturated rings. The number of carbonyl (C=O) groups excluding carboxylic acids is 2. The number of rotatable bonds is 8. The predicted octanol–water partition coefficient (Wildman–Crippen LogP) is 2.70. The minimum absolute atomic E-state index is 0.0844. The summed E-state index contributed by atoms with van der Waals surface area (Å²) in [7, 11) is 0. The van der Waals surface area contributed by atoms with Crippen LogP contribution in [-0.2, 0) is 9.53 Å². The number of benzene rings is 1. The number of nitrogens with two attached hydrogens (primary N) is 1. The minimum atomic E-state index is -0.358. The van der Waals surface area contributed by atoms with E-state index in [1.54, 1.807) is 49.5 Å². The van der Waals surface area contributed by atoms with Crippen LogP contribution in [0.4, 0.5) is 17.2 Å². The molecule has 0 aliphatic heterocycles. The van der Waals surface area contributed by atoms with Crippen molar-refractivity contribution in [2.75, 3.05) is 35.6 Å². The number of nitrogen functional groups attached to an aromatic ring is 1. The molecule has 0 saturated heterocycles. The summed E-state index contributed by atoms with van der Waals surface area (Å²) in [6.45, 7) is 4.92. The predicted molar refractivity (Wildman–Crippen MR) is 102 cm³/mol. The Balaban J connectivity index is 2.25. The van der Waals surface area contributed by atoms with E-state index in [-0.39, 0.29) is 24.8 Å². The number of pyridine rings is 1. The van der Waals surface area contributed by atoms with E-state index in [9.17, 15) is 9.59 Å². The van der Waals surface area contributed by atoms with E-state index >= 15 is 0 Å². The summed E-state index contributed by atoms with van der Waals surface area (Å²) in [5, 5.41) is 3.13. The number of carbonyl (C=O) groups is 2. The summed E-state index contributed by atoms with van der Waals surface area (Å²) in [5.41, 5.74) is 7.72. The van der Waals surface area contributed by atoms with Crippen LogP contribution in [0.15, 0.2) is 42.6 Å². The maximum Gasteiger partial charge on any atom is 0.307 e. The van der Waals surface area contributed by atoms with E-state index in [4.69, 9.17) is 10.5 Å². The van der Waals surface area contributed by atoms with E-state index in [0.717, 1.165) is 12.2 Å². The zero-order chi connectivity index (χ0) is 18.9. The smallest absolute Gasteiger partial charge is 0.307 e. The maximum atomic E-state index is 13.0. The molecule has 0 spiro atoms. The van der Waals surface area contributed by atoms with Gasteiger partial charge in [0.1, 0.15) is 5.82 Å². The number of nitrogens with zero attached hydrogens (tertiary/aromatic N) is 2. The molecule has 26 heavy (non-hydrogen) atoms. The molecular weight excluding hydrogens is 332 g/mol. The highest BCUT2D eigenvalue weighted by molar-refractivity contribution is 6.06. The van der Waals surface area contributed by atoms with Crippen molar-refractivity contribution in [3.63, 3.8) is 0 Å². The molecule has 0 aliphatic rings. The average molecular weight is 356 g/mol. The Kier molecular flexibility index (Phi) is 6.96. The number of hydrogen-bond donors (Lipinski definition) is 2. The number of aromatic nitrogens is 1. The van der Waals surface area contributed by atoms with Crippen LogP contribution < -0.4 is 16.0 Å². The number of esters is 1. The largest absolute Gasteiger partial charge is 0.466 e. The molecular formula is C19H24N4O3. The third-order valence-electron chi connectivity index (χ3n) is 3.68. The van der Waals surface area contributed by atoms with Gasteiger partial charge < -0.3 is 15.8 Å². The second-order valence-corrected chi connectivity index (χ2v) is 5.53. The Morgan fingerprint density at radius 1 is 1.23 bits per heavy atom. The SMILES string of the molecule is CCNc1ccc(C(=O)N(CCC(=O)OCC)c2ccccn2)cc1N. The quantitative estimate of drug-likeness (QED) is 0.557. The molecule has 1 amide bonds. The normalized spacial score (nSPS) is 10.2. The van der Waals surface area contributed by atoms with Gasteiger partial charge in [-0.15, -0.1) is 0 Å². The topological polar surface area (TPSA) is 97.5 Å². The number of hydrogen-bond acceptors (Lipinski definition) is 6. The Morgan fingerprint density at radius 2 is 2.04 bits per heavy atom. The highest BCUT2D eigenvalue weighted by Gasteiger charge is 2.20. The molecule has 0 atom stereocenters. The van der Waals surface area contributed by atoms with Crippen LogP contribution in [0.3, 0.4) is 0 Å². The van der Waals surface area contributed by atoms with Gasteiger partial charge in [0.25, 0.3) is 5.91 Å². The van der Waals surface area contributed by atoms with Gasteiger partial charge in [-0.2, -0.15) is 0 Å². The third kappa shape index (κ3) is 4.95. The summed E-state index contributed by atoms with van der Waals surface area (Å²) >= 11 is 0. The highest BCUT2D eigenvalue weighted by Crippen LogP contribution is 2.22. The molecule has 0 radical (unpaired) electrons. The molecule has 1 aromatic heterocycles. The van der Waals surface area contributed by atoms with Gasteiger partial charge in [-0.1, -0.05) is 6.07 Å². The van der Waals surface area contributed by atoms with Crippen molar-refractivity contribution in [1.82, 2.24) is 4.98 Å². The van der Waals surface area contributed by atoms with Crippen LogP contribution >= 0.6 is 0 Å². The van der Waals surface area contributed by atoms with E-state index in [2.05, 4.69) is 10.3 Å². The summed E-state index contributed by atoms with van der Waals surface area (Å²) in [6.07, 6.45) is 1.68. The zero-order valence-corrected chi connectivity index (χ0v) is 15.1. The third-order valence-corrected chi connectivity index (χ3v) is 3.68. The first-order chi connectivity index (χ1) is 12.6. The molecule has 3 N–H and O–H groups in total. The first kappa shape index (κ1) is 19.2. The Morgan fingerprint density at radius 3 is 2.65 bits per heavy atom. The van der Waals surface area contributed by atoms with Crippen LogP contribution in [0.5, 0.6) is 0 Å². The van der Waals surface area contributed by atoms with Gasteiger partial charge in [-0.3, -0.25) is 14.5 Å². The summed E-state index contributed by atoms with van der Waals surface area (Å²) < 4.78 is 4.95. The minimum Gasteiger partial charge on any atom is -0.466 e. The van der Waals surface area contributed by atoms with Gasteiger partial charge >= 0.3 is 5.97 Å². The van der Waals surface area contributed by atoms with Gasteiger partial charge in [0.05, 0.1) is 24.4 Å². The van der Waals surface area contributed by atoms with Crippen molar-refractivity contribution < 1.29 is 14.3 Å². The number of amides is 1. The van der Waals surface area contributed by atoms with Crippen LogP contribution in [0.1, 0.15) is 30.6 Å². The first-order valence-corrected chi connectivity index (χ1v) is 8.58. The van der Waals surface area contributed by atoms with E-state index in [1.807, 2.05) is 6.92 Å². The van der Waals surface area contributed by atoms with E-state index in [0.29, 0.717) is 23.7 Å². The van der Waals surface area contributed by atoms with Crippen molar-refractivity contribution in [2.24, 2.45) is 0 Å². The van der Waals surface area contributed by atoms with Crippen LogP contribution in [-0.4, -0.2) is 36.6 Å². The van der Waals surface area contributed by atoms with Gasteiger partial charge in [0.15, 0.2) is 0 Å². The van der Waals surface area contributed by atoms with Crippen LogP contribution in [0.25, 0.3) is 0 Å². The van der Waals surface area contributed by atoms with E-state index in [1.165, 1.54) is 4.90 Å². The fourth-order valence-electron chi connectivity index (χ4n) is 2.47. The van der Waals surface area contributed by atoms with Crippen molar-refractivity contribution in [1.29, 1.82) is 0 Å². The molecule has 7 heteroatoms. The molecule has 2 rings (SSSR count). The number of ether oxygens (including phenoxy) is 1. The molecule has 0 aliphatic carbocycles. The Labute approximate surface area is 153 Å². The average Bonchev–Trinajstić information content (AvgIpc) is 2.64. The first-order valence-electron chi connectivity index (χ1n) is 8.58. The summed E-state index contributed by atoms with van der Waals surface area (Å²) in [5.74, 6) is -0.165. The fourth-order valence-corrected chi connectivity index (χ4v) is 2.47. The fraction of sp³-hybridized carbons (Fsp3) is 0.316. The van der Waals surface area contributed by atoms with Gasteiger partial charge in [-0.25, -0.2) is 4.98 Å². The lowest BCUT2D eigenvalue weighted by atomic mass is 10.1. The van der Waals surface area contributed by atoms with Crippen molar-refractivity contribution in [3.05, 3.63) is 48.2 Å². The molecule has 0 unspecified atom stereocenters. The second kappa shape index (κ2) is 9.41. The van der Waals surface area contributed by atoms with Gasteiger partial charge in [0, 0.05) is 24.8 Å². The Bertz CT molecular complexity index is 750. The standard InChI is InChI=1S/C19H24N4O3/c1-3-21-16-9-8-14(13-15(16)20)19(25)23(12-10-18(24)26-4-2)17-7-5-6-11-22-17/h5-9,11,13,21H,3-4,10,12,20H2,1-2H3. The maximum absolute atomic E-state index is 13.0. The van der Waals surface area contributed by atoms with Crippen LogP contribution in [0, 0.1) is 0 Å². The Hall–Kier alpha value is -3.09. The molecule has 1 heterocycles. The van der Waals surface area contributed by atoms with E-state index < -0.39 is 0 Å². The summed E-state index contributed by atoms with van der Waals surface area (Å²) in [6, 6.07) is 10.4. The monoisotopic (exact) mass is 356 g/mol. The highest BCUT2D eigenvalue weighted by atomic mass is 16.5. The van der Waals surface area contributed by atoms with Crippen molar-refractivity contribution in [2.45, 2.75) is 20.3 Å². The molecule has 0 bridgehead atoms. The van der Waals surface area contributed by atoms with Gasteiger partial charge in [-0.05, 0) is 44.2 Å². The van der Waals surface area contributed by atoms with Crippen molar-refractivity contribution >= 4 is 29.1 Å². The number of nitrogens with one attached hydrogen (secondary N) is 1. The molecule has 0 saturated carbocycles. The molecule has 2 aromatic rings. The van der Waals surface area contributed by atoms with Crippen LogP contribution in [0.2, 0.25) is 0 Å².